The van der Waals surface area contributed by atoms with Crippen LogP contribution < -0.4 is 11.1 Å². The van der Waals surface area contributed by atoms with Crippen LogP contribution in [0.5, 0.6) is 0 Å². The van der Waals surface area contributed by atoms with E-state index in [9.17, 15) is 9.59 Å². The summed E-state index contributed by atoms with van der Waals surface area (Å²) in [6.07, 6.45) is 0.199. The molecular formula is C14H16N2O3S. The van der Waals surface area contributed by atoms with Crippen molar-refractivity contribution in [3.05, 3.63) is 29.1 Å². The van der Waals surface area contributed by atoms with Crippen molar-refractivity contribution >= 4 is 39.0 Å². The minimum absolute atomic E-state index is 0.199. The van der Waals surface area contributed by atoms with E-state index in [1.807, 2.05) is 24.3 Å². The maximum atomic E-state index is 11.9. The maximum absolute atomic E-state index is 11.9. The third kappa shape index (κ3) is 2.97. The molecular weight excluding hydrogens is 276 g/mol. The normalized spacial score (nSPS) is 12.2. The minimum Gasteiger partial charge on any atom is -0.465 e. The number of hydrogen-bond donors (Lipinski definition) is 2. The molecule has 1 unspecified atom stereocenters. The minimum atomic E-state index is -0.456. The Morgan fingerprint density at radius 3 is 2.75 bits per heavy atom. The standard InChI is InChI=1S/C14H16N2O3S/c1-8(15)7-11(17)16-12-9-5-3-4-6-10(9)20-13(12)14(18)19-2/h3-6,8H,7,15H2,1-2H3,(H,16,17). The van der Waals surface area contributed by atoms with Crippen LogP contribution >= 0.6 is 11.3 Å². The number of amides is 1. The van der Waals surface area contributed by atoms with Crippen LogP contribution in [0.1, 0.15) is 23.0 Å². The fraction of sp³-hybridized carbons (Fsp3) is 0.286. The summed E-state index contributed by atoms with van der Waals surface area (Å²) >= 11 is 1.30. The Morgan fingerprint density at radius 2 is 2.10 bits per heavy atom. The number of ether oxygens (including phenoxy) is 1. The average Bonchev–Trinajstić information content (AvgIpc) is 2.76. The summed E-state index contributed by atoms with van der Waals surface area (Å²) < 4.78 is 5.69. The van der Waals surface area contributed by atoms with Crippen LogP contribution in [0.2, 0.25) is 0 Å². The van der Waals surface area contributed by atoms with Crippen LogP contribution in [-0.4, -0.2) is 25.0 Å². The van der Waals surface area contributed by atoms with Gasteiger partial charge in [0, 0.05) is 22.5 Å². The number of rotatable bonds is 4. The molecule has 0 saturated heterocycles. The lowest BCUT2D eigenvalue weighted by molar-refractivity contribution is -0.116. The summed E-state index contributed by atoms with van der Waals surface area (Å²) in [5, 5.41) is 3.60. The number of nitrogens with two attached hydrogens (primary N) is 1. The molecule has 2 aromatic rings. The number of nitrogens with one attached hydrogen (secondary N) is 1. The summed E-state index contributed by atoms with van der Waals surface area (Å²) in [6, 6.07) is 7.26. The van der Waals surface area contributed by atoms with Gasteiger partial charge in [0.25, 0.3) is 0 Å². The molecule has 5 nitrogen and oxygen atoms in total. The van der Waals surface area contributed by atoms with Gasteiger partial charge in [-0.05, 0) is 13.0 Å². The van der Waals surface area contributed by atoms with E-state index in [0.717, 1.165) is 10.1 Å². The number of carbonyl (C=O) groups excluding carboxylic acids is 2. The van der Waals surface area contributed by atoms with E-state index >= 15 is 0 Å². The zero-order valence-electron chi connectivity index (χ0n) is 11.3. The van der Waals surface area contributed by atoms with Crippen molar-refractivity contribution in [1.82, 2.24) is 0 Å². The molecule has 1 aromatic carbocycles. The van der Waals surface area contributed by atoms with Crippen molar-refractivity contribution in [1.29, 1.82) is 0 Å². The molecule has 0 aliphatic rings. The van der Waals surface area contributed by atoms with E-state index in [0.29, 0.717) is 10.6 Å². The first-order valence-corrected chi connectivity index (χ1v) is 7.00. The van der Waals surface area contributed by atoms with Crippen molar-refractivity contribution in [2.24, 2.45) is 5.73 Å². The highest BCUT2D eigenvalue weighted by molar-refractivity contribution is 7.21. The number of anilines is 1. The number of thiophene rings is 1. The molecule has 0 aliphatic carbocycles. The van der Waals surface area contributed by atoms with Gasteiger partial charge >= 0.3 is 5.97 Å². The molecule has 0 bridgehead atoms. The van der Waals surface area contributed by atoms with Crippen LogP contribution in [-0.2, 0) is 9.53 Å². The summed E-state index contributed by atoms with van der Waals surface area (Å²) in [5.74, 6) is -0.670. The molecule has 1 aromatic heterocycles. The monoisotopic (exact) mass is 292 g/mol. The summed E-state index contributed by atoms with van der Waals surface area (Å²) in [7, 11) is 1.32. The van der Waals surface area contributed by atoms with Crippen molar-refractivity contribution < 1.29 is 14.3 Å². The Kier molecular flexibility index (Phi) is 4.36. The van der Waals surface area contributed by atoms with Crippen molar-refractivity contribution in [3.63, 3.8) is 0 Å². The van der Waals surface area contributed by atoms with Gasteiger partial charge in [0.2, 0.25) is 5.91 Å². The molecule has 6 heteroatoms. The predicted octanol–water partition coefficient (Wildman–Crippen LogP) is 2.36. The average molecular weight is 292 g/mol. The van der Waals surface area contributed by atoms with E-state index in [1.165, 1.54) is 18.4 Å². The van der Waals surface area contributed by atoms with Gasteiger partial charge in [-0.25, -0.2) is 4.79 Å². The second kappa shape index (κ2) is 6.02. The zero-order chi connectivity index (χ0) is 14.7. The largest absolute Gasteiger partial charge is 0.465 e. The number of carbonyl (C=O) groups is 2. The summed E-state index contributed by atoms with van der Waals surface area (Å²) in [5.41, 5.74) is 6.11. The molecule has 2 rings (SSSR count). The molecule has 0 aliphatic heterocycles. The molecule has 3 N–H and O–H groups in total. The van der Waals surface area contributed by atoms with Gasteiger partial charge in [-0.15, -0.1) is 11.3 Å². The second-order valence-electron chi connectivity index (χ2n) is 4.52. The van der Waals surface area contributed by atoms with Gasteiger partial charge in [0.15, 0.2) is 0 Å². The Bertz CT molecular complexity index is 649. The van der Waals surface area contributed by atoms with Crippen LogP contribution in [0.3, 0.4) is 0 Å². The van der Waals surface area contributed by atoms with Gasteiger partial charge in [0.1, 0.15) is 4.88 Å². The Balaban J connectivity index is 2.43. The highest BCUT2D eigenvalue weighted by atomic mass is 32.1. The third-order valence-electron chi connectivity index (χ3n) is 2.74. The zero-order valence-corrected chi connectivity index (χ0v) is 12.1. The van der Waals surface area contributed by atoms with Crippen LogP contribution in [0.4, 0.5) is 5.69 Å². The fourth-order valence-electron chi connectivity index (χ4n) is 1.89. The van der Waals surface area contributed by atoms with Crippen LogP contribution in [0, 0.1) is 0 Å². The maximum Gasteiger partial charge on any atom is 0.350 e. The van der Waals surface area contributed by atoms with Crippen molar-refractivity contribution in [2.45, 2.75) is 19.4 Å². The third-order valence-corrected chi connectivity index (χ3v) is 3.89. The molecule has 106 valence electrons. The van der Waals surface area contributed by atoms with Gasteiger partial charge in [0.05, 0.1) is 12.8 Å². The number of hydrogen-bond acceptors (Lipinski definition) is 5. The van der Waals surface area contributed by atoms with E-state index < -0.39 is 5.97 Å². The number of methoxy groups -OCH3 is 1. The first-order chi connectivity index (χ1) is 9.52. The quantitative estimate of drug-likeness (QED) is 0.848. The molecule has 1 atom stereocenters. The second-order valence-corrected chi connectivity index (χ2v) is 5.58. The van der Waals surface area contributed by atoms with Crippen LogP contribution in [0.25, 0.3) is 10.1 Å². The number of esters is 1. The van der Waals surface area contributed by atoms with Crippen molar-refractivity contribution in [2.75, 3.05) is 12.4 Å². The number of benzene rings is 1. The highest BCUT2D eigenvalue weighted by Gasteiger charge is 2.20. The van der Waals surface area contributed by atoms with Gasteiger partial charge < -0.3 is 15.8 Å². The summed E-state index contributed by atoms with van der Waals surface area (Å²) in [4.78, 5) is 24.1. The molecule has 20 heavy (non-hydrogen) atoms. The fourth-order valence-corrected chi connectivity index (χ4v) is 2.97. The number of fused-ring (bicyclic) bond motifs is 1. The molecule has 0 saturated carbocycles. The Hall–Kier alpha value is -1.92. The van der Waals surface area contributed by atoms with E-state index in [2.05, 4.69) is 5.32 Å². The van der Waals surface area contributed by atoms with E-state index in [-0.39, 0.29) is 18.4 Å². The summed E-state index contributed by atoms with van der Waals surface area (Å²) in [6.45, 7) is 1.76. The molecule has 0 fully saturated rings. The predicted molar refractivity (Wildman–Crippen MR) is 80.1 cm³/mol. The highest BCUT2D eigenvalue weighted by Crippen LogP contribution is 2.36. The van der Waals surface area contributed by atoms with Gasteiger partial charge in [-0.2, -0.15) is 0 Å². The molecule has 1 heterocycles. The van der Waals surface area contributed by atoms with Gasteiger partial charge in [-0.1, -0.05) is 18.2 Å². The molecule has 0 radical (unpaired) electrons. The van der Waals surface area contributed by atoms with E-state index in [4.69, 9.17) is 10.5 Å². The smallest absolute Gasteiger partial charge is 0.350 e. The Labute approximate surface area is 120 Å². The van der Waals surface area contributed by atoms with Gasteiger partial charge in [-0.3, -0.25) is 4.79 Å². The topological polar surface area (TPSA) is 81.4 Å². The lowest BCUT2D eigenvalue weighted by Gasteiger charge is -2.08. The molecule has 0 spiro atoms. The first-order valence-electron chi connectivity index (χ1n) is 6.18. The van der Waals surface area contributed by atoms with E-state index in [1.54, 1.807) is 6.92 Å². The SMILES string of the molecule is COC(=O)c1sc2ccccc2c1NC(=O)CC(C)N. The first kappa shape index (κ1) is 14.5. The molecule has 1 amide bonds. The van der Waals surface area contributed by atoms with Crippen molar-refractivity contribution in [3.8, 4) is 0 Å². The lowest BCUT2D eigenvalue weighted by atomic mass is 10.2. The Morgan fingerprint density at radius 1 is 1.40 bits per heavy atom. The van der Waals surface area contributed by atoms with Crippen LogP contribution in [0.15, 0.2) is 24.3 Å². The lowest BCUT2D eigenvalue weighted by Crippen LogP contribution is -2.24.